The van der Waals surface area contributed by atoms with Gasteiger partial charge >= 0.3 is 0 Å². The van der Waals surface area contributed by atoms with Gasteiger partial charge in [-0.3, -0.25) is 4.98 Å². The standard InChI is InChI=1S/C25H26N4O2S/c32-25-27-23(20-8-4-5-12-26-20)24(17-11-13-28(15-17)18-6-2-1-3-7-18)29(25)19-9-10-21-22(14-19)31-16-30-21/h4-5,8-15,18,23-24H,1-3,6-7,16H2,(H,27,32). The lowest BCUT2D eigenvalue weighted by Gasteiger charge is -2.28. The van der Waals surface area contributed by atoms with Gasteiger partial charge in [0.05, 0.1) is 17.8 Å². The molecule has 6 nitrogen and oxygen atoms in total. The van der Waals surface area contributed by atoms with Crippen molar-refractivity contribution in [3.8, 4) is 11.5 Å². The molecule has 1 N–H and O–H groups in total. The maximum Gasteiger partial charge on any atom is 0.231 e. The van der Waals surface area contributed by atoms with Gasteiger partial charge in [0.25, 0.3) is 0 Å². The van der Waals surface area contributed by atoms with Crippen molar-refractivity contribution >= 4 is 23.0 Å². The Labute approximate surface area is 193 Å². The Kier molecular flexibility index (Phi) is 4.98. The maximum atomic E-state index is 5.84. The summed E-state index contributed by atoms with van der Waals surface area (Å²) in [6, 6.07) is 14.8. The van der Waals surface area contributed by atoms with Crippen LogP contribution in [0.5, 0.6) is 11.5 Å². The molecule has 0 spiro atoms. The second-order valence-corrected chi connectivity index (χ2v) is 9.10. The van der Waals surface area contributed by atoms with Gasteiger partial charge in [0, 0.05) is 36.4 Å². The smallest absolute Gasteiger partial charge is 0.231 e. The summed E-state index contributed by atoms with van der Waals surface area (Å²) in [5.74, 6) is 1.53. The summed E-state index contributed by atoms with van der Waals surface area (Å²) in [7, 11) is 0. The second-order valence-electron chi connectivity index (χ2n) is 8.72. The summed E-state index contributed by atoms with van der Waals surface area (Å²) in [6.45, 7) is 0.256. The normalized spacial score (nSPS) is 22.9. The zero-order valence-electron chi connectivity index (χ0n) is 17.8. The fourth-order valence-corrected chi connectivity index (χ4v) is 5.56. The molecule has 4 heterocycles. The Morgan fingerprint density at radius 2 is 1.88 bits per heavy atom. The SMILES string of the molecule is S=C1NC(c2ccccn2)C(c2ccn(C3CCCCC3)c2)N1c1ccc2c(c1)OCO2. The van der Waals surface area contributed by atoms with Gasteiger partial charge < -0.3 is 24.3 Å². The van der Waals surface area contributed by atoms with E-state index in [9.17, 15) is 0 Å². The molecule has 1 saturated heterocycles. The van der Waals surface area contributed by atoms with Crippen LogP contribution in [0.4, 0.5) is 5.69 Å². The van der Waals surface area contributed by atoms with Gasteiger partial charge in [-0.05, 0) is 61.0 Å². The molecule has 164 valence electrons. The number of aromatic nitrogens is 2. The Hall–Kier alpha value is -3.06. The van der Waals surface area contributed by atoms with E-state index in [4.69, 9.17) is 21.7 Å². The van der Waals surface area contributed by atoms with E-state index < -0.39 is 0 Å². The third-order valence-electron chi connectivity index (χ3n) is 6.81. The first-order valence-electron chi connectivity index (χ1n) is 11.4. The number of nitrogens with one attached hydrogen (secondary N) is 1. The van der Waals surface area contributed by atoms with E-state index in [1.807, 2.05) is 36.5 Å². The first kappa shape index (κ1) is 19.6. The van der Waals surface area contributed by atoms with Gasteiger partial charge in [0.2, 0.25) is 6.79 Å². The predicted octanol–water partition coefficient (Wildman–Crippen LogP) is 5.29. The fraction of sp³-hybridized carbons (Fsp3) is 0.360. The van der Waals surface area contributed by atoms with Crippen LogP contribution in [-0.2, 0) is 0 Å². The molecule has 2 aliphatic heterocycles. The van der Waals surface area contributed by atoms with Crippen LogP contribution in [0.2, 0.25) is 0 Å². The number of benzene rings is 1. The molecular formula is C25H26N4O2S. The maximum absolute atomic E-state index is 5.84. The Balaban J connectivity index is 1.41. The number of ether oxygens (including phenoxy) is 2. The molecule has 1 saturated carbocycles. The summed E-state index contributed by atoms with van der Waals surface area (Å²) in [4.78, 5) is 6.84. The molecule has 2 unspecified atom stereocenters. The van der Waals surface area contributed by atoms with Crippen LogP contribution < -0.4 is 19.7 Å². The highest BCUT2D eigenvalue weighted by molar-refractivity contribution is 7.80. The van der Waals surface area contributed by atoms with Gasteiger partial charge in [-0.25, -0.2) is 0 Å². The molecule has 1 aliphatic carbocycles. The lowest BCUT2D eigenvalue weighted by molar-refractivity contribution is 0.174. The molecule has 3 aliphatic rings. The van der Waals surface area contributed by atoms with Crippen molar-refractivity contribution in [1.82, 2.24) is 14.9 Å². The minimum Gasteiger partial charge on any atom is -0.454 e. The zero-order chi connectivity index (χ0) is 21.5. The van der Waals surface area contributed by atoms with Crippen LogP contribution >= 0.6 is 12.2 Å². The summed E-state index contributed by atoms with van der Waals surface area (Å²) in [6.07, 6.45) is 12.9. The average molecular weight is 447 g/mol. The number of anilines is 1. The molecule has 2 aromatic heterocycles. The van der Waals surface area contributed by atoms with Crippen molar-refractivity contribution in [3.63, 3.8) is 0 Å². The monoisotopic (exact) mass is 446 g/mol. The first-order chi connectivity index (χ1) is 15.8. The van der Waals surface area contributed by atoms with E-state index in [0.29, 0.717) is 11.2 Å². The Bertz CT molecular complexity index is 1130. The molecule has 0 amide bonds. The summed E-state index contributed by atoms with van der Waals surface area (Å²) in [5.41, 5.74) is 3.20. The average Bonchev–Trinajstić information content (AvgIpc) is 3.58. The number of rotatable bonds is 4. The van der Waals surface area contributed by atoms with Crippen molar-refractivity contribution < 1.29 is 9.47 Å². The molecule has 0 bridgehead atoms. The molecule has 6 rings (SSSR count). The molecule has 0 radical (unpaired) electrons. The van der Waals surface area contributed by atoms with Gasteiger partial charge in [-0.1, -0.05) is 25.3 Å². The number of hydrogen-bond acceptors (Lipinski definition) is 4. The van der Waals surface area contributed by atoms with E-state index in [1.54, 1.807) is 0 Å². The Morgan fingerprint density at radius 1 is 1.00 bits per heavy atom. The number of thiocarbonyl (C=S) groups is 1. The highest BCUT2D eigenvalue weighted by Gasteiger charge is 2.41. The molecule has 1 aromatic carbocycles. The van der Waals surface area contributed by atoms with Gasteiger partial charge in [-0.2, -0.15) is 0 Å². The molecule has 2 fully saturated rings. The van der Waals surface area contributed by atoms with Crippen LogP contribution in [0.3, 0.4) is 0 Å². The van der Waals surface area contributed by atoms with Crippen molar-refractivity contribution in [1.29, 1.82) is 0 Å². The van der Waals surface area contributed by atoms with Gasteiger partial charge in [0.1, 0.15) is 0 Å². The van der Waals surface area contributed by atoms with Crippen molar-refractivity contribution in [2.45, 2.75) is 50.2 Å². The number of fused-ring (bicyclic) bond motifs is 1. The highest BCUT2D eigenvalue weighted by Crippen LogP contribution is 2.44. The minimum absolute atomic E-state index is 0.0115. The van der Waals surface area contributed by atoms with E-state index in [-0.39, 0.29) is 18.9 Å². The number of nitrogens with zero attached hydrogens (tertiary/aromatic N) is 3. The summed E-state index contributed by atoms with van der Waals surface area (Å²) in [5, 5.41) is 4.23. The highest BCUT2D eigenvalue weighted by atomic mass is 32.1. The summed E-state index contributed by atoms with van der Waals surface area (Å²) < 4.78 is 13.6. The fourth-order valence-electron chi connectivity index (χ4n) is 5.22. The van der Waals surface area contributed by atoms with Crippen molar-refractivity contribution in [2.24, 2.45) is 0 Å². The van der Waals surface area contributed by atoms with Crippen LogP contribution in [0.1, 0.15) is 61.5 Å². The van der Waals surface area contributed by atoms with Crippen LogP contribution in [-0.4, -0.2) is 21.5 Å². The molecular weight excluding hydrogens is 420 g/mol. The largest absolute Gasteiger partial charge is 0.454 e. The molecule has 2 atom stereocenters. The predicted molar refractivity (Wildman–Crippen MR) is 127 cm³/mol. The van der Waals surface area contributed by atoms with Crippen LogP contribution in [0.15, 0.2) is 61.1 Å². The quantitative estimate of drug-likeness (QED) is 0.550. The third-order valence-corrected chi connectivity index (χ3v) is 7.12. The van der Waals surface area contributed by atoms with Crippen LogP contribution in [0.25, 0.3) is 0 Å². The van der Waals surface area contributed by atoms with Crippen LogP contribution in [0, 0.1) is 0 Å². The minimum atomic E-state index is -0.0451. The Morgan fingerprint density at radius 3 is 2.72 bits per heavy atom. The molecule has 7 heteroatoms. The lowest BCUT2D eigenvalue weighted by Crippen LogP contribution is -2.29. The van der Waals surface area contributed by atoms with Crippen molar-refractivity contribution in [3.05, 3.63) is 72.3 Å². The number of hydrogen-bond donors (Lipinski definition) is 1. The number of pyridine rings is 1. The van der Waals surface area contributed by atoms with E-state index in [0.717, 1.165) is 22.9 Å². The third kappa shape index (κ3) is 3.41. The topological polar surface area (TPSA) is 51.6 Å². The van der Waals surface area contributed by atoms with E-state index in [2.05, 4.69) is 44.3 Å². The first-order valence-corrected chi connectivity index (χ1v) is 11.8. The van der Waals surface area contributed by atoms with Gasteiger partial charge in [-0.15, -0.1) is 0 Å². The van der Waals surface area contributed by atoms with Crippen molar-refractivity contribution in [2.75, 3.05) is 11.7 Å². The van der Waals surface area contributed by atoms with E-state index >= 15 is 0 Å². The van der Waals surface area contributed by atoms with E-state index in [1.165, 1.54) is 37.7 Å². The zero-order valence-corrected chi connectivity index (χ0v) is 18.6. The summed E-state index contributed by atoms with van der Waals surface area (Å²) >= 11 is 5.84. The second kappa shape index (κ2) is 8.13. The molecule has 32 heavy (non-hydrogen) atoms. The molecule has 3 aromatic rings. The van der Waals surface area contributed by atoms with Gasteiger partial charge in [0.15, 0.2) is 16.6 Å². The lowest BCUT2D eigenvalue weighted by atomic mass is 9.95.